The predicted octanol–water partition coefficient (Wildman–Crippen LogP) is 2.18. The normalized spacial score (nSPS) is 24.1. The van der Waals surface area contributed by atoms with E-state index in [9.17, 15) is 4.79 Å². The lowest BCUT2D eigenvalue weighted by Crippen LogP contribution is -2.13. The summed E-state index contributed by atoms with van der Waals surface area (Å²) in [7, 11) is 0. The summed E-state index contributed by atoms with van der Waals surface area (Å²) >= 11 is 0. The lowest BCUT2D eigenvalue weighted by atomic mass is 9.82. The fourth-order valence-electron chi connectivity index (χ4n) is 2.80. The van der Waals surface area contributed by atoms with E-state index in [1.54, 1.807) is 0 Å². The molecule has 0 aliphatic heterocycles. The highest BCUT2D eigenvalue weighted by molar-refractivity contribution is 5.68. The molecule has 2 aliphatic carbocycles. The highest BCUT2D eigenvalue weighted by Crippen LogP contribution is 2.46. The van der Waals surface area contributed by atoms with Gasteiger partial charge in [0.25, 0.3) is 0 Å². The molecule has 1 unspecified atom stereocenters. The van der Waals surface area contributed by atoms with Gasteiger partial charge in [0, 0.05) is 17.2 Å². The molecule has 2 N–H and O–H groups in total. The van der Waals surface area contributed by atoms with Crippen LogP contribution in [0.25, 0.3) is 0 Å². The van der Waals surface area contributed by atoms with Crippen LogP contribution >= 0.6 is 0 Å². The first kappa shape index (κ1) is 9.87. The number of hydrogen-bond acceptors (Lipinski definition) is 2. The summed E-state index contributed by atoms with van der Waals surface area (Å²) < 4.78 is 0. The molecule has 4 nitrogen and oxygen atoms in total. The molecule has 0 radical (unpaired) electrons. The van der Waals surface area contributed by atoms with Crippen LogP contribution in [0.4, 0.5) is 0 Å². The summed E-state index contributed by atoms with van der Waals surface area (Å²) in [5.74, 6) is 0.103. The lowest BCUT2D eigenvalue weighted by molar-refractivity contribution is -0.137. The minimum atomic E-state index is -0.694. The number of H-pyrrole nitrogens is 1. The van der Waals surface area contributed by atoms with E-state index in [0.29, 0.717) is 5.92 Å². The molecule has 1 saturated carbocycles. The largest absolute Gasteiger partial charge is 0.481 e. The van der Waals surface area contributed by atoms with E-state index in [0.717, 1.165) is 19.3 Å². The Bertz CT molecular complexity index is 421. The van der Waals surface area contributed by atoms with Gasteiger partial charge < -0.3 is 5.11 Å². The number of rotatable bonds is 3. The number of fused-ring (bicyclic) bond motifs is 1. The smallest absolute Gasteiger partial charge is 0.303 e. The fraction of sp³-hybridized carbons (Fsp3) is 0.667. The van der Waals surface area contributed by atoms with Gasteiger partial charge in [-0.15, -0.1) is 0 Å². The van der Waals surface area contributed by atoms with Crippen molar-refractivity contribution < 1.29 is 9.90 Å². The Labute approximate surface area is 94.1 Å². The summed E-state index contributed by atoms with van der Waals surface area (Å²) in [6.45, 7) is 0. The van der Waals surface area contributed by atoms with E-state index in [2.05, 4.69) is 10.2 Å². The monoisotopic (exact) mass is 220 g/mol. The summed E-state index contributed by atoms with van der Waals surface area (Å²) in [5, 5.41) is 16.5. The van der Waals surface area contributed by atoms with Crippen molar-refractivity contribution in [2.75, 3.05) is 0 Å². The molecule has 2 aliphatic rings. The van der Waals surface area contributed by atoms with Gasteiger partial charge in [-0.2, -0.15) is 5.10 Å². The number of hydrogen-bond donors (Lipinski definition) is 2. The summed E-state index contributed by atoms with van der Waals surface area (Å²) in [6.07, 6.45) is 5.81. The molecule has 86 valence electrons. The summed E-state index contributed by atoms with van der Waals surface area (Å²) in [5.41, 5.74) is 3.61. The number of aromatic amines is 1. The van der Waals surface area contributed by atoms with Crippen LogP contribution in [0.2, 0.25) is 0 Å². The van der Waals surface area contributed by atoms with Crippen LogP contribution in [-0.4, -0.2) is 21.3 Å². The first-order valence-corrected chi connectivity index (χ1v) is 6.04. The molecule has 4 heteroatoms. The number of aromatic nitrogens is 2. The zero-order valence-corrected chi connectivity index (χ0v) is 9.20. The second-order valence-electron chi connectivity index (χ2n) is 4.96. The highest BCUT2D eigenvalue weighted by atomic mass is 16.4. The van der Waals surface area contributed by atoms with Crippen molar-refractivity contribution >= 4 is 5.97 Å². The number of aliphatic carboxylic acids is 1. The van der Waals surface area contributed by atoms with Gasteiger partial charge in [0.05, 0.1) is 12.1 Å². The van der Waals surface area contributed by atoms with Crippen molar-refractivity contribution in [1.29, 1.82) is 0 Å². The number of carboxylic acids is 1. The molecule has 1 fully saturated rings. The van der Waals surface area contributed by atoms with Crippen molar-refractivity contribution in [3.05, 3.63) is 17.0 Å². The third-order valence-electron chi connectivity index (χ3n) is 3.69. The topological polar surface area (TPSA) is 66.0 Å². The van der Waals surface area contributed by atoms with Gasteiger partial charge in [-0.3, -0.25) is 9.89 Å². The van der Waals surface area contributed by atoms with Gasteiger partial charge in [0.15, 0.2) is 0 Å². The van der Waals surface area contributed by atoms with Crippen molar-refractivity contribution in [3.8, 4) is 0 Å². The maximum Gasteiger partial charge on any atom is 0.303 e. The number of carboxylic acid groups (broad SMARTS) is 1. The predicted molar refractivity (Wildman–Crippen MR) is 58.5 cm³/mol. The standard InChI is InChI=1S/C12H16N2O2/c15-10(16)6-8-2-1-3-9-11(8)12(14-13-9)7-4-5-7/h7-8H,1-6H2,(H,13,14)(H,15,16). The molecule has 1 aromatic rings. The lowest BCUT2D eigenvalue weighted by Gasteiger charge is -2.21. The van der Waals surface area contributed by atoms with Crippen LogP contribution in [0, 0.1) is 0 Å². The number of carbonyl (C=O) groups is 1. The van der Waals surface area contributed by atoms with Gasteiger partial charge in [-0.25, -0.2) is 0 Å². The Morgan fingerprint density at radius 2 is 2.25 bits per heavy atom. The third-order valence-corrected chi connectivity index (χ3v) is 3.69. The molecule has 1 heterocycles. The number of aryl methyl sites for hydroxylation is 1. The van der Waals surface area contributed by atoms with Gasteiger partial charge >= 0.3 is 5.97 Å². The van der Waals surface area contributed by atoms with Gasteiger partial charge in [-0.05, 0) is 38.0 Å². The van der Waals surface area contributed by atoms with Crippen LogP contribution in [0.15, 0.2) is 0 Å². The van der Waals surface area contributed by atoms with Crippen LogP contribution in [0.5, 0.6) is 0 Å². The molecule has 0 bridgehead atoms. The highest BCUT2D eigenvalue weighted by Gasteiger charge is 2.35. The van der Waals surface area contributed by atoms with Crippen LogP contribution in [0.3, 0.4) is 0 Å². The van der Waals surface area contributed by atoms with E-state index < -0.39 is 5.97 Å². The average molecular weight is 220 g/mol. The van der Waals surface area contributed by atoms with Crippen molar-refractivity contribution in [1.82, 2.24) is 10.2 Å². The quantitative estimate of drug-likeness (QED) is 0.820. The Balaban J connectivity index is 1.94. The van der Waals surface area contributed by atoms with E-state index in [-0.39, 0.29) is 12.3 Å². The van der Waals surface area contributed by atoms with Crippen LogP contribution in [0.1, 0.15) is 60.9 Å². The summed E-state index contributed by atoms with van der Waals surface area (Å²) in [4.78, 5) is 10.9. The number of nitrogens with one attached hydrogen (secondary N) is 1. The molecule has 0 amide bonds. The molecule has 0 saturated heterocycles. The molecule has 1 atom stereocenters. The molecule has 1 aromatic heterocycles. The molecular weight excluding hydrogens is 204 g/mol. The van der Waals surface area contributed by atoms with Gasteiger partial charge in [0.1, 0.15) is 0 Å². The zero-order valence-electron chi connectivity index (χ0n) is 9.20. The first-order valence-electron chi connectivity index (χ1n) is 6.04. The second kappa shape index (κ2) is 3.61. The minimum absolute atomic E-state index is 0.190. The first-order chi connectivity index (χ1) is 7.75. The van der Waals surface area contributed by atoms with E-state index in [1.165, 1.54) is 29.8 Å². The molecule has 0 spiro atoms. The maximum absolute atomic E-state index is 10.9. The average Bonchev–Trinajstić information content (AvgIpc) is 2.98. The molecular formula is C12H16N2O2. The van der Waals surface area contributed by atoms with E-state index >= 15 is 0 Å². The Hall–Kier alpha value is -1.32. The molecule has 0 aromatic carbocycles. The minimum Gasteiger partial charge on any atom is -0.481 e. The van der Waals surface area contributed by atoms with Crippen molar-refractivity contribution in [2.24, 2.45) is 0 Å². The molecule has 16 heavy (non-hydrogen) atoms. The SMILES string of the molecule is O=C(O)CC1CCCc2[nH]nc(C3CC3)c21. The van der Waals surface area contributed by atoms with Gasteiger partial charge in [-0.1, -0.05) is 0 Å². The maximum atomic E-state index is 10.9. The van der Waals surface area contributed by atoms with E-state index in [1.807, 2.05) is 0 Å². The zero-order chi connectivity index (χ0) is 11.1. The van der Waals surface area contributed by atoms with Crippen LogP contribution in [-0.2, 0) is 11.2 Å². The molecule has 3 rings (SSSR count). The van der Waals surface area contributed by atoms with E-state index in [4.69, 9.17) is 5.11 Å². The summed E-state index contributed by atoms with van der Waals surface area (Å²) in [6, 6.07) is 0. The van der Waals surface area contributed by atoms with Gasteiger partial charge in [0.2, 0.25) is 0 Å². The second-order valence-corrected chi connectivity index (χ2v) is 4.96. The Morgan fingerprint density at radius 3 is 2.94 bits per heavy atom. The Morgan fingerprint density at radius 1 is 1.44 bits per heavy atom. The number of nitrogens with zero attached hydrogens (tertiary/aromatic N) is 1. The van der Waals surface area contributed by atoms with Crippen LogP contribution < -0.4 is 0 Å². The van der Waals surface area contributed by atoms with Crippen molar-refractivity contribution in [2.45, 2.75) is 50.4 Å². The van der Waals surface area contributed by atoms with Crippen molar-refractivity contribution in [3.63, 3.8) is 0 Å². The third kappa shape index (κ3) is 1.62. The fourth-order valence-corrected chi connectivity index (χ4v) is 2.80. The Kier molecular flexibility index (Phi) is 2.23.